The maximum Gasteiger partial charge on any atom is 0.336 e. The van der Waals surface area contributed by atoms with E-state index in [0.29, 0.717) is 5.75 Å². The van der Waals surface area contributed by atoms with E-state index in [2.05, 4.69) is 0 Å². The van der Waals surface area contributed by atoms with Gasteiger partial charge >= 0.3 is 5.69 Å². The smallest absolute Gasteiger partial charge is 0.336 e. The quantitative estimate of drug-likeness (QED) is 0.528. The Morgan fingerprint density at radius 2 is 1.95 bits per heavy atom. The largest absolute Gasteiger partial charge is 0.495 e. The Morgan fingerprint density at radius 1 is 1.30 bits per heavy atom. The molecule has 0 atom stereocenters. The van der Waals surface area contributed by atoms with E-state index >= 15 is 0 Å². The number of nitro benzene ring substituents is 1. The fourth-order valence-corrected chi connectivity index (χ4v) is 1.92. The fourth-order valence-electron chi connectivity index (χ4n) is 1.66. The number of halogens is 1. The van der Waals surface area contributed by atoms with Gasteiger partial charge in [0.25, 0.3) is 0 Å². The van der Waals surface area contributed by atoms with Gasteiger partial charge in [-0.15, -0.1) is 0 Å². The minimum atomic E-state index is -0.640. The average molecular weight is 295 g/mol. The summed E-state index contributed by atoms with van der Waals surface area (Å²) in [5, 5.41) is 11.1. The van der Waals surface area contributed by atoms with E-state index < -0.39 is 4.92 Å². The first-order valence-corrected chi connectivity index (χ1v) is 5.95. The predicted octanol–water partition coefficient (Wildman–Crippen LogP) is 3.63. The van der Waals surface area contributed by atoms with Crippen LogP contribution >= 0.6 is 11.6 Å². The van der Waals surface area contributed by atoms with Crippen molar-refractivity contribution in [1.82, 2.24) is 0 Å². The number of ether oxygens (including phenoxy) is 2. The molecule has 0 fully saturated rings. The molecule has 0 radical (unpaired) electrons. The molecule has 0 aliphatic rings. The number of anilines is 1. The Morgan fingerprint density at radius 3 is 2.50 bits per heavy atom. The van der Waals surface area contributed by atoms with Crippen LogP contribution < -0.4 is 15.2 Å². The first kappa shape index (κ1) is 14.0. The van der Waals surface area contributed by atoms with Gasteiger partial charge < -0.3 is 15.2 Å². The van der Waals surface area contributed by atoms with Crippen LogP contribution in [0.5, 0.6) is 17.2 Å². The molecular weight excluding hydrogens is 284 g/mol. The Labute approximate surface area is 119 Å². The Balaban J connectivity index is 2.59. The highest BCUT2D eigenvalue weighted by Gasteiger charge is 2.27. The molecule has 104 valence electrons. The summed E-state index contributed by atoms with van der Waals surface area (Å²) in [6.45, 7) is 0. The molecule has 0 aliphatic heterocycles. The monoisotopic (exact) mass is 294 g/mol. The number of rotatable bonds is 4. The van der Waals surface area contributed by atoms with Crippen molar-refractivity contribution in [3.63, 3.8) is 0 Å². The molecule has 0 saturated carbocycles. The zero-order valence-electron chi connectivity index (χ0n) is 10.5. The van der Waals surface area contributed by atoms with Crippen LogP contribution in [0.15, 0.2) is 36.4 Å². The molecule has 0 heterocycles. The van der Waals surface area contributed by atoms with Gasteiger partial charge in [-0.25, -0.2) is 0 Å². The molecule has 2 aromatic rings. The Kier molecular flexibility index (Phi) is 3.95. The van der Waals surface area contributed by atoms with Crippen molar-refractivity contribution in [3.8, 4) is 17.2 Å². The number of methoxy groups -OCH3 is 1. The predicted molar refractivity (Wildman–Crippen MR) is 75.6 cm³/mol. The van der Waals surface area contributed by atoms with Gasteiger partial charge in [-0.05, 0) is 12.1 Å². The highest BCUT2D eigenvalue weighted by Crippen LogP contribution is 2.46. The van der Waals surface area contributed by atoms with Crippen LogP contribution in [0.3, 0.4) is 0 Å². The minimum Gasteiger partial charge on any atom is -0.495 e. The standard InChI is InChI=1S/C13H11ClN2O4/c1-19-10-7-9(15)12(16(17)18)13(11(10)14)20-8-5-3-2-4-6-8/h2-7H,15H2,1H3. The summed E-state index contributed by atoms with van der Waals surface area (Å²) < 4.78 is 10.5. The summed E-state index contributed by atoms with van der Waals surface area (Å²) in [4.78, 5) is 10.5. The summed E-state index contributed by atoms with van der Waals surface area (Å²) in [6.07, 6.45) is 0. The molecule has 7 heteroatoms. The van der Waals surface area contributed by atoms with Gasteiger partial charge in [-0.1, -0.05) is 29.8 Å². The van der Waals surface area contributed by atoms with Gasteiger partial charge in [0.15, 0.2) is 0 Å². The van der Waals surface area contributed by atoms with Crippen molar-refractivity contribution in [3.05, 3.63) is 51.5 Å². The van der Waals surface area contributed by atoms with E-state index in [9.17, 15) is 10.1 Å². The number of hydrogen-bond acceptors (Lipinski definition) is 5. The number of nitrogens with two attached hydrogens (primary N) is 1. The van der Waals surface area contributed by atoms with E-state index in [0.717, 1.165) is 0 Å². The third-order valence-corrected chi connectivity index (χ3v) is 2.91. The number of para-hydroxylation sites is 1. The molecule has 2 aromatic carbocycles. The molecular formula is C13H11ClN2O4. The number of nitro groups is 1. The molecule has 0 spiro atoms. The first-order chi connectivity index (χ1) is 9.54. The molecule has 20 heavy (non-hydrogen) atoms. The Hall–Kier alpha value is -2.47. The zero-order valence-corrected chi connectivity index (χ0v) is 11.3. The highest BCUT2D eigenvalue weighted by molar-refractivity contribution is 6.34. The lowest BCUT2D eigenvalue weighted by atomic mass is 10.2. The van der Waals surface area contributed by atoms with Crippen LogP contribution in [0.4, 0.5) is 11.4 Å². The van der Waals surface area contributed by atoms with Crippen LogP contribution in [-0.2, 0) is 0 Å². The zero-order chi connectivity index (χ0) is 14.7. The number of benzene rings is 2. The molecule has 0 aliphatic carbocycles. The molecule has 0 saturated heterocycles. The van der Waals surface area contributed by atoms with Gasteiger partial charge in [0.2, 0.25) is 5.75 Å². The summed E-state index contributed by atoms with van der Waals surface area (Å²) in [6, 6.07) is 9.85. The lowest BCUT2D eigenvalue weighted by molar-refractivity contribution is -0.384. The number of nitrogen functional groups attached to an aromatic ring is 1. The molecule has 0 amide bonds. The van der Waals surface area contributed by atoms with Gasteiger partial charge in [0.1, 0.15) is 22.2 Å². The fraction of sp³-hybridized carbons (Fsp3) is 0.0769. The summed E-state index contributed by atoms with van der Waals surface area (Å²) in [5.74, 6) is 0.477. The van der Waals surface area contributed by atoms with Crippen LogP contribution in [0.2, 0.25) is 5.02 Å². The second-order valence-electron chi connectivity index (χ2n) is 3.83. The SMILES string of the molecule is COc1cc(N)c([N+](=O)[O-])c(Oc2ccccc2)c1Cl. The van der Waals surface area contributed by atoms with Crippen molar-refractivity contribution in [1.29, 1.82) is 0 Å². The molecule has 0 unspecified atom stereocenters. The van der Waals surface area contributed by atoms with Gasteiger partial charge in [0.05, 0.1) is 12.0 Å². The van der Waals surface area contributed by atoms with Crippen molar-refractivity contribution in [2.75, 3.05) is 12.8 Å². The Bertz CT molecular complexity index is 647. The third-order valence-electron chi connectivity index (χ3n) is 2.56. The summed E-state index contributed by atoms with van der Waals surface area (Å²) in [5.41, 5.74) is 5.19. The average Bonchev–Trinajstić information content (AvgIpc) is 2.43. The summed E-state index contributed by atoms with van der Waals surface area (Å²) in [7, 11) is 1.39. The van der Waals surface area contributed by atoms with Crippen molar-refractivity contribution in [2.45, 2.75) is 0 Å². The minimum absolute atomic E-state index is 0.00254. The topological polar surface area (TPSA) is 87.6 Å². The maximum absolute atomic E-state index is 11.1. The normalized spacial score (nSPS) is 10.1. The first-order valence-electron chi connectivity index (χ1n) is 5.58. The van der Waals surface area contributed by atoms with E-state index in [-0.39, 0.29) is 27.9 Å². The van der Waals surface area contributed by atoms with Gasteiger partial charge in [-0.3, -0.25) is 10.1 Å². The van der Waals surface area contributed by atoms with Gasteiger partial charge in [0, 0.05) is 6.07 Å². The summed E-state index contributed by atoms with van der Waals surface area (Å²) >= 11 is 6.07. The molecule has 2 N–H and O–H groups in total. The van der Waals surface area contributed by atoms with Crippen LogP contribution in [0.1, 0.15) is 0 Å². The number of hydrogen-bond donors (Lipinski definition) is 1. The van der Waals surface area contributed by atoms with Crippen LogP contribution in [-0.4, -0.2) is 12.0 Å². The van der Waals surface area contributed by atoms with Crippen LogP contribution in [0, 0.1) is 10.1 Å². The lowest BCUT2D eigenvalue weighted by Gasteiger charge is -2.12. The second-order valence-corrected chi connectivity index (χ2v) is 4.21. The number of nitrogens with zero attached hydrogens (tertiary/aromatic N) is 1. The van der Waals surface area contributed by atoms with Gasteiger partial charge in [-0.2, -0.15) is 0 Å². The molecule has 2 rings (SSSR count). The van der Waals surface area contributed by atoms with Crippen molar-refractivity contribution < 1.29 is 14.4 Å². The second kappa shape index (κ2) is 5.66. The lowest BCUT2D eigenvalue weighted by Crippen LogP contribution is -2.01. The molecule has 0 aromatic heterocycles. The third kappa shape index (κ3) is 2.60. The molecule has 6 nitrogen and oxygen atoms in total. The molecule has 0 bridgehead atoms. The van der Waals surface area contributed by atoms with Crippen LogP contribution in [0.25, 0.3) is 0 Å². The van der Waals surface area contributed by atoms with Crippen molar-refractivity contribution >= 4 is 23.0 Å². The maximum atomic E-state index is 11.1. The van der Waals surface area contributed by atoms with E-state index in [1.807, 2.05) is 0 Å². The van der Waals surface area contributed by atoms with E-state index in [1.54, 1.807) is 30.3 Å². The van der Waals surface area contributed by atoms with E-state index in [4.69, 9.17) is 26.8 Å². The van der Waals surface area contributed by atoms with E-state index in [1.165, 1.54) is 13.2 Å². The highest BCUT2D eigenvalue weighted by atomic mass is 35.5. The van der Waals surface area contributed by atoms with Crippen molar-refractivity contribution in [2.24, 2.45) is 0 Å².